The Morgan fingerprint density at radius 3 is 2.62 bits per heavy atom. The predicted octanol–water partition coefficient (Wildman–Crippen LogP) is 2.98. The fourth-order valence-corrected chi connectivity index (χ4v) is 4.02. The molecule has 2 aliphatic rings. The van der Waals surface area contributed by atoms with Gasteiger partial charge in [-0.3, -0.25) is 4.57 Å². The summed E-state index contributed by atoms with van der Waals surface area (Å²) < 4.78 is 3.09. The summed E-state index contributed by atoms with van der Waals surface area (Å²) in [5.41, 5.74) is 0. The van der Waals surface area contributed by atoms with Crippen LogP contribution in [0, 0.1) is 4.77 Å². The third kappa shape index (κ3) is 3.16. The van der Waals surface area contributed by atoms with Gasteiger partial charge in [0.25, 0.3) is 0 Å². The van der Waals surface area contributed by atoms with Gasteiger partial charge in [0, 0.05) is 25.2 Å². The summed E-state index contributed by atoms with van der Waals surface area (Å²) in [5.74, 6) is 1.07. The van der Waals surface area contributed by atoms with Crippen LogP contribution in [0.4, 0.5) is 5.95 Å². The van der Waals surface area contributed by atoms with E-state index in [2.05, 4.69) is 38.7 Å². The smallest absolute Gasteiger partial charge is 0.226 e. The maximum atomic E-state index is 5.51. The maximum Gasteiger partial charge on any atom is 0.226 e. The second kappa shape index (κ2) is 6.48. The Hall–Kier alpha value is -0.880. The highest BCUT2D eigenvalue weighted by molar-refractivity contribution is 7.71. The Labute approximate surface area is 132 Å². The zero-order valence-corrected chi connectivity index (χ0v) is 14.0. The van der Waals surface area contributed by atoms with Crippen LogP contribution >= 0.6 is 12.2 Å². The molecule has 1 aliphatic heterocycles. The summed E-state index contributed by atoms with van der Waals surface area (Å²) in [6.45, 7) is 2.15. The van der Waals surface area contributed by atoms with Crippen LogP contribution in [-0.2, 0) is 0 Å². The van der Waals surface area contributed by atoms with Gasteiger partial charge in [0.15, 0.2) is 4.77 Å². The number of likely N-dealkylation sites (N-methyl/N-ethyl adjacent to an activating group) is 1. The van der Waals surface area contributed by atoms with Gasteiger partial charge in [0.05, 0.1) is 0 Å². The van der Waals surface area contributed by atoms with Gasteiger partial charge in [-0.1, -0.05) is 19.3 Å². The lowest BCUT2D eigenvalue weighted by molar-refractivity contribution is 0.254. The van der Waals surface area contributed by atoms with E-state index in [1.54, 1.807) is 0 Å². The van der Waals surface area contributed by atoms with Crippen molar-refractivity contribution in [2.75, 3.05) is 32.1 Å². The summed E-state index contributed by atoms with van der Waals surface area (Å²) in [6.07, 6.45) is 8.99. The topological polar surface area (TPSA) is 40.1 Å². The van der Waals surface area contributed by atoms with Crippen LogP contribution in [-0.4, -0.2) is 52.9 Å². The number of piperidine rings is 1. The molecule has 1 unspecified atom stereocenters. The summed E-state index contributed by atoms with van der Waals surface area (Å²) in [5, 5.41) is 7.60. The summed E-state index contributed by atoms with van der Waals surface area (Å²) in [6, 6.07) is 1.16. The molecule has 6 heteroatoms. The number of nitrogens with one attached hydrogen (secondary N) is 1. The molecule has 118 valence electrons. The van der Waals surface area contributed by atoms with E-state index in [4.69, 9.17) is 12.2 Å². The van der Waals surface area contributed by atoms with Crippen LogP contribution in [0.3, 0.4) is 0 Å². The Kier molecular flexibility index (Phi) is 4.64. The lowest BCUT2D eigenvalue weighted by Gasteiger charge is -2.37. The molecule has 2 fully saturated rings. The molecule has 0 spiro atoms. The van der Waals surface area contributed by atoms with Crippen molar-refractivity contribution in [1.29, 1.82) is 0 Å². The average Bonchev–Trinajstić information content (AvgIpc) is 2.90. The average molecular weight is 309 g/mol. The molecule has 1 atom stereocenters. The van der Waals surface area contributed by atoms with Gasteiger partial charge in [0.2, 0.25) is 5.95 Å². The lowest BCUT2D eigenvalue weighted by atomic mass is 9.95. The van der Waals surface area contributed by atoms with E-state index in [0.717, 1.165) is 23.8 Å². The summed E-state index contributed by atoms with van der Waals surface area (Å²) >= 11 is 5.51. The van der Waals surface area contributed by atoms with Gasteiger partial charge in [-0.25, -0.2) is 5.10 Å². The minimum absolute atomic E-state index is 0.541. The third-order valence-electron chi connectivity index (χ3n) is 5.04. The second-order valence-electron chi connectivity index (χ2n) is 6.70. The number of aromatic amines is 1. The molecule has 5 nitrogen and oxygen atoms in total. The SMILES string of the molecule is CN(C)C1CCCN(c2n[nH]c(=S)n2C2CCCCC2)C1. The van der Waals surface area contributed by atoms with Crippen molar-refractivity contribution >= 4 is 18.2 Å². The largest absolute Gasteiger partial charge is 0.339 e. The highest BCUT2D eigenvalue weighted by Gasteiger charge is 2.27. The minimum Gasteiger partial charge on any atom is -0.339 e. The van der Waals surface area contributed by atoms with Gasteiger partial charge < -0.3 is 9.80 Å². The minimum atomic E-state index is 0.541. The first-order valence-electron chi connectivity index (χ1n) is 8.25. The molecule has 1 aromatic rings. The molecule has 2 heterocycles. The van der Waals surface area contributed by atoms with Crippen molar-refractivity contribution < 1.29 is 0 Å². The fourth-order valence-electron chi connectivity index (χ4n) is 3.75. The van der Waals surface area contributed by atoms with Gasteiger partial charge >= 0.3 is 0 Å². The van der Waals surface area contributed by atoms with E-state index in [9.17, 15) is 0 Å². The van der Waals surface area contributed by atoms with E-state index >= 15 is 0 Å². The molecule has 1 aromatic heterocycles. The first-order chi connectivity index (χ1) is 10.2. The fraction of sp³-hybridized carbons (Fsp3) is 0.867. The van der Waals surface area contributed by atoms with Gasteiger partial charge in [-0.2, -0.15) is 0 Å². The highest BCUT2D eigenvalue weighted by atomic mass is 32.1. The van der Waals surface area contributed by atoms with E-state index in [-0.39, 0.29) is 0 Å². The molecule has 0 amide bonds. The lowest BCUT2D eigenvalue weighted by Crippen LogP contribution is -2.46. The van der Waals surface area contributed by atoms with Crippen molar-refractivity contribution in [3.05, 3.63) is 4.77 Å². The summed E-state index contributed by atoms with van der Waals surface area (Å²) in [7, 11) is 4.35. The van der Waals surface area contributed by atoms with Crippen molar-refractivity contribution in [1.82, 2.24) is 19.7 Å². The zero-order valence-electron chi connectivity index (χ0n) is 13.2. The number of hydrogen-bond acceptors (Lipinski definition) is 4. The van der Waals surface area contributed by atoms with E-state index in [1.807, 2.05) is 0 Å². The van der Waals surface area contributed by atoms with Gasteiger partial charge in [-0.05, 0) is 52.0 Å². The molecule has 0 bridgehead atoms. The molecule has 1 saturated heterocycles. The van der Waals surface area contributed by atoms with Crippen LogP contribution in [0.15, 0.2) is 0 Å². The van der Waals surface area contributed by atoms with Crippen LogP contribution in [0.1, 0.15) is 51.0 Å². The number of H-pyrrole nitrogens is 1. The first-order valence-corrected chi connectivity index (χ1v) is 8.66. The van der Waals surface area contributed by atoms with E-state index < -0.39 is 0 Å². The normalized spacial score (nSPS) is 24.7. The highest BCUT2D eigenvalue weighted by Crippen LogP contribution is 2.32. The molecule has 1 N–H and O–H groups in total. The maximum absolute atomic E-state index is 5.51. The van der Waals surface area contributed by atoms with Crippen LogP contribution in [0.2, 0.25) is 0 Å². The Morgan fingerprint density at radius 2 is 1.90 bits per heavy atom. The van der Waals surface area contributed by atoms with Gasteiger partial charge in [0.1, 0.15) is 0 Å². The monoisotopic (exact) mass is 309 g/mol. The second-order valence-corrected chi connectivity index (χ2v) is 7.08. The van der Waals surface area contributed by atoms with Crippen molar-refractivity contribution in [2.24, 2.45) is 0 Å². The number of nitrogens with zero attached hydrogens (tertiary/aromatic N) is 4. The molecule has 1 aliphatic carbocycles. The van der Waals surface area contributed by atoms with Crippen LogP contribution in [0.25, 0.3) is 0 Å². The molecule has 3 rings (SSSR count). The van der Waals surface area contributed by atoms with Crippen LogP contribution in [0.5, 0.6) is 0 Å². The molecule has 21 heavy (non-hydrogen) atoms. The molecule has 0 aromatic carbocycles. The Balaban J connectivity index is 1.83. The first kappa shape index (κ1) is 15.0. The van der Waals surface area contributed by atoms with E-state index in [0.29, 0.717) is 12.1 Å². The van der Waals surface area contributed by atoms with Crippen molar-refractivity contribution in [3.63, 3.8) is 0 Å². The zero-order chi connectivity index (χ0) is 14.8. The van der Waals surface area contributed by atoms with E-state index in [1.165, 1.54) is 44.9 Å². The molecule has 0 radical (unpaired) electrons. The van der Waals surface area contributed by atoms with Crippen molar-refractivity contribution in [3.8, 4) is 0 Å². The van der Waals surface area contributed by atoms with Crippen LogP contribution < -0.4 is 4.90 Å². The molecule has 1 saturated carbocycles. The standard InChI is InChI=1S/C15H27N5S/c1-18(2)13-9-6-10-19(11-13)14-16-17-15(21)20(14)12-7-4-3-5-8-12/h12-13H,3-11H2,1-2H3,(H,17,21). The molecular weight excluding hydrogens is 282 g/mol. The quantitative estimate of drug-likeness (QED) is 0.872. The van der Waals surface area contributed by atoms with Gasteiger partial charge in [-0.15, -0.1) is 5.10 Å². The number of hydrogen-bond donors (Lipinski definition) is 1. The third-order valence-corrected chi connectivity index (χ3v) is 5.32. The summed E-state index contributed by atoms with van der Waals surface area (Å²) in [4.78, 5) is 4.76. The van der Waals surface area contributed by atoms with Crippen molar-refractivity contribution in [2.45, 2.75) is 57.0 Å². The Bertz CT molecular complexity index is 514. The predicted molar refractivity (Wildman–Crippen MR) is 88.5 cm³/mol. The number of aromatic nitrogens is 3. The molecular formula is C15H27N5S. The number of anilines is 1. The number of rotatable bonds is 3. The Morgan fingerprint density at radius 1 is 1.14 bits per heavy atom.